The zero-order valence-electron chi connectivity index (χ0n) is 10.5. The summed E-state index contributed by atoms with van der Waals surface area (Å²) in [7, 11) is 0. The molecular formula is C14H12BrN3OS. The first-order valence-electron chi connectivity index (χ1n) is 6.18. The maximum absolute atomic E-state index is 12.2. The third kappa shape index (κ3) is 2.76. The van der Waals surface area contributed by atoms with E-state index in [0.717, 1.165) is 21.1 Å². The fourth-order valence-electron chi connectivity index (χ4n) is 2.04. The van der Waals surface area contributed by atoms with Gasteiger partial charge in [-0.1, -0.05) is 12.1 Å². The van der Waals surface area contributed by atoms with Crippen LogP contribution in [0.1, 0.15) is 15.2 Å². The predicted molar refractivity (Wildman–Crippen MR) is 84.1 cm³/mol. The second kappa shape index (κ2) is 5.76. The molecule has 2 heterocycles. The quantitative estimate of drug-likeness (QED) is 0.758. The summed E-state index contributed by atoms with van der Waals surface area (Å²) in [5.74, 6) is -0.0736. The number of aromatic amines is 1. The first-order valence-corrected chi connectivity index (χ1v) is 7.79. The van der Waals surface area contributed by atoms with Gasteiger partial charge in [0.05, 0.1) is 21.1 Å². The molecule has 0 unspecified atom stereocenters. The average Bonchev–Trinajstić information content (AvgIpc) is 3.06. The Bertz CT molecular complexity index is 750. The van der Waals surface area contributed by atoms with Gasteiger partial charge in [0, 0.05) is 16.8 Å². The average molecular weight is 350 g/mol. The molecule has 2 N–H and O–H groups in total. The minimum absolute atomic E-state index is 0.0736. The molecule has 3 rings (SSSR count). The zero-order chi connectivity index (χ0) is 13.9. The molecule has 0 aliphatic heterocycles. The van der Waals surface area contributed by atoms with Crippen molar-refractivity contribution < 1.29 is 4.79 Å². The van der Waals surface area contributed by atoms with E-state index < -0.39 is 0 Å². The van der Waals surface area contributed by atoms with E-state index >= 15 is 0 Å². The van der Waals surface area contributed by atoms with Crippen LogP contribution in [-0.4, -0.2) is 22.6 Å². The maximum Gasteiger partial charge on any atom is 0.253 e. The first-order chi connectivity index (χ1) is 9.74. The van der Waals surface area contributed by atoms with Crippen molar-refractivity contribution >= 4 is 44.1 Å². The van der Waals surface area contributed by atoms with Gasteiger partial charge in [0.25, 0.3) is 5.91 Å². The van der Waals surface area contributed by atoms with Crippen molar-refractivity contribution in [1.29, 1.82) is 0 Å². The highest BCUT2D eigenvalue weighted by atomic mass is 79.9. The summed E-state index contributed by atoms with van der Waals surface area (Å²) >= 11 is 5.12. The van der Waals surface area contributed by atoms with Crippen LogP contribution >= 0.6 is 27.3 Å². The minimum Gasteiger partial charge on any atom is -0.352 e. The van der Waals surface area contributed by atoms with Gasteiger partial charge in [0.2, 0.25) is 0 Å². The summed E-state index contributed by atoms with van der Waals surface area (Å²) < 4.78 is 1.11. The Labute approximate surface area is 128 Å². The van der Waals surface area contributed by atoms with Crippen LogP contribution in [0.25, 0.3) is 10.9 Å². The molecule has 102 valence electrons. The number of amides is 1. The number of thiophene rings is 1. The second-order valence-corrected chi connectivity index (χ2v) is 6.90. The van der Waals surface area contributed by atoms with Crippen LogP contribution in [0.5, 0.6) is 0 Å². The van der Waals surface area contributed by atoms with Crippen molar-refractivity contribution in [1.82, 2.24) is 15.5 Å². The van der Waals surface area contributed by atoms with Crippen molar-refractivity contribution in [2.24, 2.45) is 0 Å². The monoisotopic (exact) mass is 349 g/mol. The van der Waals surface area contributed by atoms with Crippen molar-refractivity contribution in [3.63, 3.8) is 0 Å². The number of para-hydroxylation sites is 1. The second-order valence-electron chi connectivity index (χ2n) is 4.35. The molecule has 0 aliphatic carbocycles. The molecule has 0 bridgehead atoms. The first kappa shape index (κ1) is 13.3. The Morgan fingerprint density at radius 2 is 2.25 bits per heavy atom. The summed E-state index contributed by atoms with van der Waals surface area (Å²) in [6.07, 6.45) is 2.55. The molecule has 20 heavy (non-hydrogen) atoms. The normalized spacial score (nSPS) is 10.8. The van der Waals surface area contributed by atoms with Gasteiger partial charge in [-0.2, -0.15) is 5.10 Å². The molecule has 0 radical (unpaired) electrons. The van der Waals surface area contributed by atoms with Crippen LogP contribution in [0, 0.1) is 0 Å². The molecule has 6 heteroatoms. The van der Waals surface area contributed by atoms with Crippen molar-refractivity contribution in [3.8, 4) is 0 Å². The van der Waals surface area contributed by atoms with E-state index in [-0.39, 0.29) is 5.91 Å². The van der Waals surface area contributed by atoms with Crippen LogP contribution in [0.3, 0.4) is 0 Å². The van der Waals surface area contributed by atoms with E-state index in [1.54, 1.807) is 23.6 Å². The molecule has 1 aromatic carbocycles. The van der Waals surface area contributed by atoms with Crippen molar-refractivity contribution in [2.75, 3.05) is 6.54 Å². The van der Waals surface area contributed by atoms with Crippen LogP contribution in [-0.2, 0) is 6.42 Å². The lowest BCUT2D eigenvalue weighted by Crippen LogP contribution is -2.25. The third-order valence-corrected chi connectivity index (χ3v) is 4.69. The highest BCUT2D eigenvalue weighted by Gasteiger charge is 2.10. The zero-order valence-corrected chi connectivity index (χ0v) is 12.9. The molecule has 3 aromatic rings. The number of halogens is 1. The molecule has 0 saturated heterocycles. The number of nitrogens with zero attached hydrogens (tertiary/aromatic N) is 1. The number of hydrogen-bond donors (Lipinski definition) is 2. The smallest absolute Gasteiger partial charge is 0.253 e. The number of carbonyl (C=O) groups excluding carboxylic acids is 1. The van der Waals surface area contributed by atoms with E-state index in [1.807, 2.05) is 18.2 Å². The molecule has 2 aromatic heterocycles. The summed E-state index contributed by atoms with van der Waals surface area (Å²) in [5.41, 5.74) is 1.41. The minimum atomic E-state index is -0.0736. The highest BCUT2D eigenvalue weighted by Crippen LogP contribution is 2.22. The van der Waals surface area contributed by atoms with Crippen LogP contribution in [0.2, 0.25) is 0 Å². The lowest BCUT2D eigenvalue weighted by atomic mass is 10.1. The van der Waals surface area contributed by atoms with E-state index in [9.17, 15) is 4.79 Å². The van der Waals surface area contributed by atoms with Gasteiger partial charge in [0.1, 0.15) is 0 Å². The molecule has 0 atom stereocenters. The standard InChI is InChI=1S/C14H12BrN3OS/c15-12-5-4-10(20-12)6-7-16-14(19)11-3-1-2-9-8-17-18-13(9)11/h1-5,8H,6-7H2,(H,16,19)(H,17,18). The van der Waals surface area contributed by atoms with E-state index in [0.29, 0.717) is 12.1 Å². The number of benzene rings is 1. The SMILES string of the molecule is O=C(NCCc1ccc(Br)s1)c1cccc2cn[nH]c12. The van der Waals surface area contributed by atoms with Crippen molar-refractivity contribution in [3.05, 3.63) is 50.8 Å². The topological polar surface area (TPSA) is 57.8 Å². The van der Waals surface area contributed by atoms with Crippen LogP contribution < -0.4 is 5.32 Å². The molecule has 0 aliphatic rings. The van der Waals surface area contributed by atoms with E-state index in [2.05, 4.69) is 37.5 Å². The number of rotatable bonds is 4. The van der Waals surface area contributed by atoms with Gasteiger partial charge in [-0.25, -0.2) is 0 Å². The lowest BCUT2D eigenvalue weighted by Gasteiger charge is -2.05. The third-order valence-electron chi connectivity index (χ3n) is 3.01. The number of fused-ring (bicyclic) bond motifs is 1. The number of nitrogens with one attached hydrogen (secondary N) is 2. The predicted octanol–water partition coefficient (Wildman–Crippen LogP) is 3.36. The Balaban J connectivity index is 1.66. The Hall–Kier alpha value is -1.66. The number of carbonyl (C=O) groups is 1. The van der Waals surface area contributed by atoms with Gasteiger partial charge in [-0.15, -0.1) is 11.3 Å². The number of hydrogen-bond acceptors (Lipinski definition) is 3. The largest absolute Gasteiger partial charge is 0.352 e. The molecule has 0 fully saturated rings. The highest BCUT2D eigenvalue weighted by molar-refractivity contribution is 9.11. The van der Waals surface area contributed by atoms with E-state index in [4.69, 9.17) is 0 Å². The fraction of sp³-hybridized carbons (Fsp3) is 0.143. The number of H-pyrrole nitrogens is 1. The van der Waals surface area contributed by atoms with Crippen LogP contribution in [0.15, 0.2) is 40.3 Å². The van der Waals surface area contributed by atoms with Gasteiger partial charge in [0.15, 0.2) is 0 Å². The van der Waals surface area contributed by atoms with E-state index in [1.165, 1.54) is 4.88 Å². The van der Waals surface area contributed by atoms with Gasteiger partial charge < -0.3 is 5.32 Å². The summed E-state index contributed by atoms with van der Waals surface area (Å²) in [4.78, 5) is 13.4. The molecular weight excluding hydrogens is 338 g/mol. The summed E-state index contributed by atoms with van der Waals surface area (Å²) in [6, 6.07) is 9.68. The molecule has 4 nitrogen and oxygen atoms in total. The lowest BCUT2D eigenvalue weighted by molar-refractivity contribution is 0.0955. The Morgan fingerprint density at radius 1 is 1.35 bits per heavy atom. The maximum atomic E-state index is 12.2. The molecule has 1 amide bonds. The van der Waals surface area contributed by atoms with Crippen LogP contribution in [0.4, 0.5) is 0 Å². The van der Waals surface area contributed by atoms with Crippen molar-refractivity contribution in [2.45, 2.75) is 6.42 Å². The van der Waals surface area contributed by atoms with Gasteiger partial charge in [-0.3, -0.25) is 9.89 Å². The molecule has 0 spiro atoms. The Kier molecular flexibility index (Phi) is 3.84. The fourth-order valence-corrected chi connectivity index (χ4v) is 3.52. The summed E-state index contributed by atoms with van der Waals surface area (Å²) in [6.45, 7) is 0.621. The Morgan fingerprint density at radius 3 is 3.05 bits per heavy atom. The van der Waals surface area contributed by atoms with Gasteiger partial charge in [-0.05, 0) is 40.5 Å². The molecule has 0 saturated carbocycles. The van der Waals surface area contributed by atoms with Gasteiger partial charge >= 0.3 is 0 Å². The number of aromatic nitrogens is 2. The summed E-state index contributed by atoms with van der Waals surface area (Å²) in [5, 5.41) is 10.7.